The van der Waals surface area contributed by atoms with Gasteiger partial charge in [0.25, 0.3) is 5.91 Å². The summed E-state index contributed by atoms with van der Waals surface area (Å²) in [4.78, 5) is 14.4. The summed E-state index contributed by atoms with van der Waals surface area (Å²) in [6.07, 6.45) is 3.05. The first kappa shape index (κ1) is 15.4. The lowest BCUT2D eigenvalue weighted by Gasteiger charge is -2.39. The lowest BCUT2D eigenvalue weighted by molar-refractivity contribution is 0.0558. The molecule has 2 N–H and O–H groups in total. The highest BCUT2D eigenvalue weighted by atomic mass is 79.9. The number of likely N-dealkylation sites (tertiary alicyclic amines) is 1. The van der Waals surface area contributed by atoms with Crippen molar-refractivity contribution < 1.29 is 9.18 Å². The highest BCUT2D eigenvalue weighted by Gasteiger charge is 2.30. The van der Waals surface area contributed by atoms with Crippen LogP contribution in [0.4, 0.5) is 4.39 Å². The lowest BCUT2D eigenvalue weighted by atomic mass is 9.88. The van der Waals surface area contributed by atoms with E-state index in [-0.39, 0.29) is 11.9 Å². The highest BCUT2D eigenvalue weighted by molar-refractivity contribution is 9.10. The van der Waals surface area contributed by atoms with Gasteiger partial charge in [0.1, 0.15) is 5.82 Å². The van der Waals surface area contributed by atoms with Crippen LogP contribution in [-0.2, 0) is 0 Å². The minimum atomic E-state index is -0.407. The molecule has 0 aliphatic carbocycles. The fourth-order valence-electron chi connectivity index (χ4n) is 2.84. The standard InChI is InChI=1S/C15H20BrFN2O/c1-2-10-3-4-19(14(5-10)9-18)15(20)11-6-12(16)8-13(17)7-11/h6-8,10,14H,2-5,9,18H2,1H3. The maximum Gasteiger partial charge on any atom is 0.254 e. The molecule has 1 aromatic rings. The Kier molecular flexibility index (Phi) is 5.16. The third-order valence-corrected chi connectivity index (χ3v) is 4.50. The van der Waals surface area contributed by atoms with Crippen LogP contribution >= 0.6 is 15.9 Å². The summed E-state index contributed by atoms with van der Waals surface area (Å²) in [6, 6.07) is 4.35. The molecule has 5 heteroatoms. The molecule has 1 aromatic carbocycles. The van der Waals surface area contributed by atoms with E-state index in [1.165, 1.54) is 12.1 Å². The Bertz CT molecular complexity index is 475. The monoisotopic (exact) mass is 342 g/mol. The number of benzene rings is 1. The van der Waals surface area contributed by atoms with Crippen molar-refractivity contribution >= 4 is 21.8 Å². The average Bonchev–Trinajstić information content (AvgIpc) is 2.44. The number of amides is 1. The molecule has 1 aliphatic heterocycles. The van der Waals surface area contributed by atoms with Gasteiger partial charge in [0.15, 0.2) is 0 Å². The minimum absolute atomic E-state index is 0.0586. The number of rotatable bonds is 3. The number of hydrogen-bond donors (Lipinski definition) is 1. The number of carbonyl (C=O) groups is 1. The molecule has 0 bridgehead atoms. The summed E-state index contributed by atoms with van der Waals surface area (Å²) in [6.45, 7) is 3.32. The van der Waals surface area contributed by atoms with Crippen molar-refractivity contribution in [3.8, 4) is 0 Å². The number of piperidine rings is 1. The van der Waals surface area contributed by atoms with Gasteiger partial charge in [-0.2, -0.15) is 0 Å². The van der Waals surface area contributed by atoms with Crippen LogP contribution in [0.5, 0.6) is 0 Å². The fourth-order valence-corrected chi connectivity index (χ4v) is 3.30. The molecule has 2 atom stereocenters. The molecule has 2 unspecified atom stereocenters. The predicted molar refractivity (Wildman–Crippen MR) is 81.0 cm³/mol. The Morgan fingerprint density at radius 3 is 2.85 bits per heavy atom. The molecule has 1 amide bonds. The lowest BCUT2D eigenvalue weighted by Crippen LogP contribution is -2.49. The van der Waals surface area contributed by atoms with E-state index in [4.69, 9.17) is 5.73 Å². The quantitative estimate of drug-likeness (QED) is 0.916. The second kappa shape index (κ2) is 6.68. The largest absolute Gasteiger partial charge is 0.334 e. The van der Waals surface area contributed by atoms with Gasteiger partial charge in [-0.25, -0.2) is 4.39 Å². The number of hydrogen-bond acceptors (Lipinski definition) is 2. The Balaban J connectivity index is 2.19. The Morgan fingerprint density at radius 2 is 2.25 bits per heavy atom. The van der Waals surface area contributed by atoms with Crippen molar-refractivity contribution in [2.45, 2.75) is 32.2 Å². The van der Waals surface area contributed by atoms with Gasteiger partial charge < -0.3 is 10.6 Å². The van der Waals surface area contributed by atoms with E-state index < -0.39 is 5.82 Å². The molecule has 2 rings (SSSR count). The van der Waals surface area contributed by atoms with E-state index in [0.717, 1.165) is 19.3 Å². The van der Waals surface area contributed by atoms with Crippen molar-refractivity contribution in [1.29, 1.82) is 0 Å². The topological polar surface area (TPSA) is 46.3 Å². The summed E-state index contributed by atoms with van der Waals surface area (Å²) in [7, 11) is 0. The fraction of sp³-hybridized carbons (Fsp3) is 0.533. The third-order valence-electron chi connectivity index (χ3n) is 4.04. The summed E-state index contributed by atoms with van der Waals surface area (Å²) >= 11 is 3.22. The second-order valence-electron chi connectivity index (χ2n) is 5.34. The zero-order valence-corrected chi connectivity index (χ0v) is 13.2. The summed E-state index contributed by atoms with van der Waals surface area (Å²) in [5.41, 5.74) is 6.19. The number of halogens is 2. The van der Waals surface area contributed by atoms with Crippen molar-refractivity contribution in [2.75, 3.05) is 13.1 Å². The van der Waals surface area contributed by atoms with Crippen LogP contribution in [0.15, 0.2) is 22.7 Å². The first-order valence-corrected chi connectivity index (χ1v) is 7.81. The van der Waals surface area contributed by atoms with Gasteiger partial charge >= 0.3 is 0 Å². The van der Waals surface area contributed by atoms with Crippen LogP contribution in [-0.4, -0.2) is 29.9 Å². The van der Waals surface area contributed by atoms with Gasteiger partial charge in [0, 0.05) is 29.2 Å². The molecule has 0 spiro atoms. The molecule has 1 saturated heterocycles. The van der Waals surface area contributed by atoms with Crippen LogP contribution in [0, 0.1) is 11.7 Å². The van der Waals surface area contributed by atoms with Crippen molar-refractivity contribution in [3.63, 3.8) is 0 Å². The van der Waals surface area contributed by atoms with Crippen LogP contribution in [0.3, 0.4) is 0 Å². The normalized spacial score (nSPS) is 22.9. The number of nitrogens with zero attached hydrogens (tertiary/aromatic N) is 1. The van der Waals surface area contributed by atoms with Crippen LogP contribution in [0.2, 0.25) is 0 Å². The molecule has 1 fully saturated rings. The molecule has 0 radical (unpaired) electrons. The Labute approximate surface area is 127 Å². The van der Waals surface area contributed by atoms with Gasteiger partial charge in [-0.1, -0.05) is 29.3 Å². The molecule has 0 saturated carbocycles. The molecule has 110 valence electrons. The maximum absolute atomic E-state index is 13.4. The predicted octanol–water partition coefficient (Wildman–Crippen LogP) is 3.18. The SMILES string of the molecule is CCC1CCN(C(=O)c2cc(F)cc(Br)c2)C(CN)C1. The van der Waals surface area contributed by atoms with E-state index in [1.54, 1.807) is 11.0 Å². The van der Waals surface area contributed by atoms with E-state index in [0.29, 0.717) is 29.0 Å². The van der Waals surface area contributed by atoms with Gasteiger partial charge in [-0.05, 0) is 37.0 Å². The number of nitrogens with two attached hydrogens (primary N) is 1. The molecule has 1 heterocycles. The first-order chi connectivity index (χ1) is 9.55. The molecule has 0 aromatic heterocycles. The van der Waals surface area contributed by atoms with Crippen molar-refractivity contribution in [3.05, 3.63) is 34.1 Å². The second-order valence-corrected chi connectivity index (χ2v) is 6.26. The van der Waals surface area contributed by atoms with E-state index in [2.05, 4.69) is 22.9 Å². The van der Waals surface area contributed by atoms with Gasteiger partial charge in [-0.15, -0.1) is 0 Å². The Morgan fingerprint density at radius 1 is 1.50 bits per heavy atom. The maximum atomic E-state index is 13.4. The van der Waals surface area contributed by atoms with E-state index in [9.17, 15) is 9.18 Å². The molecule has 20 heavy (non-hydrogen) atoms. The third kappa shape index (κ3) is 3.38. The molecule has 1 aliphatic rings. The Hall–Kier alpha value is -0.940. The number of carbonyl (C=O) groups excluding carboxylic acids is 1. The van der Waals surface area contributed by atoms with Crippen LogP contribution in [0.25, 0.3) is 0 Å². The highest BCUT2D eigenvalue weighted by Crippen LogP contribution is 2.27. The molecule has 3 nitrogen and oxygen atoms in total. The van der Waals surface area contributed by atoms with E-state index >= 15 is 0 Å². The van der Waals surface area contributed by atoms with E-state index in [1.807, 2.05) is 0 Å². The molecular formula is C15H20BrFN2O. The average molecular weight is 343 g/mol. The minimum Gasteiger partial charge on any atom is -0.334 e. The van der Waals surface area contributed by atoms with Crippen LogP contribution < -0.4 is 5.73 Å². The van der Waals surface area contributed by atoms with Gasteiger partial charge in [0.05, 0.1) is 0 Å². The van der Waals surface area contributed by atoms with Crippen LogP contribution in [0.1, 0.15) is 36.5 Å². The smallest absolute Gasteiger partial charge is 0.254 e. The molecular weight excluding hydrogens is 323 g/mol. The zero-order chi connectivity index (χ0) is 14.7. The van der Waals surface area contributed by atoms with Crippen molar-refractivity contribution in [2.24, 2.45) is 11.7 Å². The zero-order valence-electron chi connectivity index (χ0n) is 11.6. The summed E-state index contributed by atoms with van der Waals surface area (Å²) < 4.78 is 14.0. The van der Waals surface area contributed by atoms with Gasteiger partial charge in [-0.3, -0.25) is 4.79 Å². The summed E-state index contributed by atoms with van der Waals surface area (Å²) in [5.74, 6) is 0.0949. The summed E-state index contributed by atoms with van der Waals surface area (Å²) in [5, 5.41) is 0. The van der Waals surface area contributed by atoms with Gasteiger partial charge in [0.2, 0.25) is 0 Å². The first-order valence-electron chi connectivity index (χ1n) is 7.02. The van der Waals surface area contributed by atoms with Crippen molar-refractivity contribution in [1.82, 2.24) is 4.90 Å².